The standard InChI is InChI=1S/C26H25N5O2/c1-17(2)31-25-20(16-27-31)19(15-22(28-25)18-9-4-3-5-10-18)26(33)29-21-11-6-7-12-23(21)30-14-8-13-24(30)32/h3-7,9-12,15-17H,8,13-14H2,1-2H3,(H,29,33). The third kappa shape index (κ3) is 3.86. The molecule has 2 amide bonds. The summed E-state index contributed by atoms with van der Waals surface area (Å²) in [5, 5.41) is 8.22. The third-order valence-electron chi connectivity index (χ3n) is 5.89. The van der Waals surface area contributed by atoms with E-state index in [9.17, 15) is 9.59 Å². The molecule has 0 atom stereocenters. The quantitative estimate of drug-likeness (QED) is 0.471. The van der Waals surface area contributed by atoms with E-state index < -0.39 is 0 Å². The lowest BCUT2D eigenvalue weighted by molar-refractivity contribution is -0.117. The minimum Gasteiger partial charge on any atom is -0.320 e. The highest BCUT2D eigenvalue weighted by molar-refractivity contribution is 6.14. The number of benzene rings is 2. The second-order valence-electron chi connectivity index (χ2n) is 8.46. The second kappa shape index (κ2) is 8.50. The normalized spacial score (nSPS) is 13.8. The monoisotopic (exact) mass is 439 g/mol. The van der Waals surface area contributed by atoms with Crippen LogP contribution in [0.4, 0.5) is 11.4 Å². The second-order valence-corrected chi connectivity index (χ2v) is 8.46. The van der Waals surface area contributed by atoms with Gasteiger partial charge in [-0.05, 0) is 38.5 Å². The van der Waals surface area contributed by atoms with E-state index in [1.54, 1.807) is 11.1 Å². The highest BCUT2D eigenvalue weighted by atomic mass is 16.2. The molecule has 33 heavy (non-hydrogen) atoms. The molecule has 1 N–H and O–H groups in total. The molecule has 166 valence electrons. The van der Waals surface area contributed by atoms with Gasteiger partial charge in [0.1, 0.15) is 0 Å². The van der Waals surface area contributed by atoms with Gasteiger partial charge >= 0.3 is 0 Å². The molecule has 1 aliphatic rings. The molecule has 0 saturated carbocycles. The molecule has 4 aromatic rings. The summed E-state index contributed by atoms with van der Waals surface area (Å²) in [5.74, 6) is -0.186. The summed E-state index contributed by atoms with van der Waals surface area (Å²) in [6.45, 7) is 4.73. The Labute approximate surface area is 192 Å². The van der Waals surface area contributed by atoms with Gasteiger partial charge < -0.3 is 10.2 Å². The minimum absolute atomic E-state index is 0.0765. The zero-order chi connectivity index (χ0) is 22.9. The van der Waals surface area contributed by atoms with Gasteiger partial charge in [-0.15, -0.1) is 0 Å². The van der Waals surface area contributed by atoms with E-state index in [0.717, 1.165) is 17.7 Å². The van der Waals surface area contributed by atoms with E-state index in [2.05, 4.69) is 10.4 Å². The van der Waals surface area contributed by atoms with Gasteiger partial charge in [-0.3, -0.25) is 9.59 Å². The van der Waals surface area contributed by atoms with Crippen LogP contribution in [-0.4, -0.2) is 33.1 Å². The number of amides is 2. The van der Waals surface area contributed by atoms with E-state index >= 15 is 0 Å². The van der Waals surface area contributed by atoms with Crippen LogP contribution in [0.3, 0.4) is 0 Å². The molecule has 7 nitrogen and oxygen atoms in total. The van der Waals surface area contributed by atoms with Gasteiger partial charge in [0.15, 0.2) is 5.65 Å². The predicted octanol–water partition coefficient (Wildman–Crippen LogP) is 5.06. The van der Waals surface area contributed by atoms with Crippen molar-refractivity contribution < 1.29 is 9.59 Å². The Kier molecular flexibility index (Phi) is 5.38. The summed E-state index contributed by atoms with van der Waals surface area (Å²) >= 11 is 0. The molecule has 2 aromatic carbocycles. The van der Waals surface area contributed by atoms with Crippen molar-refractivity contribution in [1.29, 1.82) is 0 Å². The van der Waals surface area contributed by atoms with Crippen molar-refractivity contribution in [2.75, 3.05) is 16.8 Å². The van der Waals surface area contributed by atoms with Gasteiger partial charge in [0.05, 0.1) is 34.2 Å². The van der Waals surface area contributed by atoms with Gasteiger partial charge in [0.25, 0.3) is 5.91 Å². The smallest absolute Gasteiger partial charge is 0.256 e. The summed E-state index contributed by atoms with van der Waals surface area (Å²) in [6.07, 6.45) is 3.05. The van der Waals surface area contributed by atoms with E-state index in [-0.39, 0.29) is 17.9 Å². The highest BCUT2D eigenvalue weighted by Gasteiger charge is 2.25. The molecule has 0 unspecified atom stereocenters. The molecule has 1 aliphatic heterocycles. The predicted molar refractivity (Wildman–Crippen MR) is 129 cm³/mol. The van der Waals surface area contributed by atoms with Crippen molar-refractivity contribution in [3.63, 3.8) is 0 Å². The Hall–Kier alpha value is -4.00. The van der Waals surface area contributed by atoms with E-state index in [4.69, 9.17) is 4.98 Å². The molecule has 0 radical (unpaired) electrons. The fourth-order valence-electron chi connectivity index (χ4n) is 4.25. The van der Waals surface area contributed by atoms with Crippen LogP contribution < -0.4 is 10.2 Å². The van der Waals surface area contributed by atoms with Crippen LogP contribution >= 0.6 is 0 Å². The van der Waals surface area contributed by atoms with E-state index in [0.29, 0.717) is 40.9 Å². The number of para-hydroxylation sites is 2. The molecule has 2 aromatic heterocycles. The number of pyridine rings is 1. The van der Waals surface area contributed by atoms with Gasteiger partial charge in [-0.1, -0.05) is 42.5 Å². The fraction of sp³-hybridized carbons (Fsp3) is 0.231. The molecular formula is C26H25N5O2. The lowest BCUT2D eigenvalue weighted by atomic mass is 10.1. The van der Waals surface area contributed by atoms with Crippen molar-refractivity contribution in [3.05, 3.63) is 72.4 Å². The molecule has 0 bridgehead atoms. The van der Waals surface area contributed by atoms with Crippen LogP contribution in [0.15, 0.2) is 66.9 Å². The topological polar surface area (TPSA) is 80.1 Å². The first kappa shape index (κ1) is 20.9. The molecule has 7 heteroatoms. The number of hydrogen-bond donors (Lipinski definition) is 1. The molecule has 0 aliphatic carbocycles. The van der Waals surface area contributed by atoms with Crippen LogP contribution in [0, 0.1) is 0 Å². The highest BCUT2D eigenvalue weighted by Crippen LogP contribution is 2.31. The number of rotatable bonds is 5. The van der Waals surface area contributed by atoms with Crippen molar-refractivity contribution in [2.45, 2.75) is 32.7 Å². The molecule has 0 spiro atoms. The summed E-state index contributed by atoms with van der Waals surface area (Å²) in [4.78, 5) is 32.5. The largest absolute Gasteiger partial charge is 0.320 e. The number of anilines is 2. The molecular weight excluding hydrogens is 414 g/mol. The first-order valence-corrected chi connectivity index (χ1v) is 11.2. The van der Waals surface area contributed by atoms with Crippen LogP contribution in [0.5, 0.6) is 0 Å². The maximum atomic E-state index is 13.6. The maximum absolute atomic E-state index is 13.6. The van der Waals surface area contributed by atoms with Crippen molar-refractivity contribution >= 4 is 34.2 Å². The van der Waals surface area contributed by atoms with Crippen LogP contribution in [0.1, 0.15) is 43.1 Å². The summed E-state index contributed by atoms with van der Waals surface area (Å²) in [7, 11) is 0. The molecule has 1 fully saturated rings. The zero-order valence-corrected chi connectivity index (χ0v) is 18.7. The minimum atomic E-state index is -0.262. The van der Waals surface area contributed by atoms with Crippen LogP contribution in [0.2, 0.25) is 0 Å². The molecule has 3 heterocycles. The van der Waals surface area contributed by atoms with E-state index in [1.807, 2.05) is 79.2 Å². The number of fused-ring (bicyclic) bond motifs is 1. The van der Waals surface area contributed by atoms with Crippen LogP contribution in [-0.2, 0) is 4.79 Å². The van der Waals surface area contributed by atoms with Crippen molar-refractivity contribution in [3.8, 4) is 11.3 Å². The summed E-state index contributed by atoms with van der Waals surface area (Å²) in [6, 6.07) is 19.1. The van der Waals surface area contributed by atoms with Gasteiger partial charge in [-0.25, -0.2) is 9.67 Å². The average Bonchev–Trinajstić information content (AvgIpc) is 3.45. The number of carbonyl (C=O) groups excluding carboxylic acids is 2. The first-order chi connectivity index (χ1) is 16.0. The Balaban J connectivity index is 1.59. The van der Waals surface area contributed by atoms with Gasteiger partial charge in [-0.2, -0.15) is 5.10 Å². The maximum Gasteiger partial charge on any atom is 0.256 e. The molecule has 1 saturated heterocycles. The third-order valence-corrected chi connectivity index (χ3v) is 5.89. The number of hydrogen-bond acceptors (Lipinski definition) is 4. The lowest BCUT2D eigenvalue weighted by Crippen LogP contribution is -2.25. The van der Waals surface area contributed by atoms with Crippen molar-refractivity contribution in [2.24, 2.45) is 0 Å². The number of carbonyl (C=O) groups is 2. The Morgan fingerprint density at radius 3 is 2.55 bits per heavy atom. The van der Waals surface area contributed by atoms with Gasteiger partial charge in [0, 0.05) is 24.6 Å². The first-order valence-electron chi connectivity index (χ1n) is 11.2. The lowest BCUT2D eigenvalue weighted by Gasteiger charge is -2.20. The SMILES string of the molecule is CC(C)n1ncc2c(C(=O)Nc3ccccc3N3CCCC3=O)cc(-c3ccccc3)nc21. The number of nitrogens with one attached hydrogen (secondary N) is 1. The average molecular weight is 440 g/mol. The number of nitrogens with zero attached hydrogens (tertiary/aromatic N) is 4. The summed E-state index contributed by atoms with van der Waals surface area (Å²) in [5.41, 5.74) is 4.12. The Bertz CT molecular complexity index is 1340. The number of aromatic nitrogens is 3. The molecule has 5 rings (SSSR count). The van der Waals surface area contributed by atoms with Crippen molar-refractivity contribution in [1.82, 2.24) is 14.8 Å². The summed E-state index contributed by atoms with van der Waals surface area (Å²) < 4.78 is 1.83. The Morgan fingerprint density at radius 2 is 1.82 bits per heavy atom. The van der Waals surface area contributed by atoms with Gasteiger partial charge in [0.2, 0.25) is 5.91 Å². The fourth-order valence-corrected chi connectivity index (χ4v) is 4.25. The zero-order valence-electron chi connectivity index (χ0n) is 18.7. The van der Waals surface area contributed by atoms with Crippen LogP contribution in [0.25, 0.3) is 22.3 Å². The van der Waals surface area contributed by atoms with E-state index in [1.165, 1.54) is 0 Å². The Morgan fingerprint density at radius 1 is 1.06 bits per heavy atom.